The zero-order valence-corrected chi connectivity index (χ0v) is 15.0. The van der Waals surface area contributed by atoms with E-state index in [0.717, 1.165) is 50.6 Å². The van der Waals surface area contributed by atoms with E-state index < -0.39 is 6.10 Å². The van der Waals surface area contributed by atoms with E-state index in [1.54, 1.807) is 24.3 Å². The van der Waals surface area contributed by atoms with Crippen LogP contribution in [0, 0.1) is 0 Å². The highest BCUT2D eigenvalue weighted by molar-refractivity contribution is 7.10. The Balaban J connectivity index is 1.58. The number of hydrogen-bond acceptors (Lipinski definition) is 4. The van der Waals surface area contributed by atoms with Crippen LogP contribution >= 0.6 is 11.3 Å². The van der Waals surface area contributed by atoms with Gasteiger partial charge in [0.15, 0.2) is 6.10 Å². The Morgan fingerprint density at radius 3 is 2.79 bits per heavy atom. The maximum Gasteiger partial charge on any atom is 0.331 e. The number of amides is 1. The third-order valence-corrected chi connectivity index (χ3v) is 5.84. The summed E-state index contributed by atoms with van der Waals surface area (Å²) >= 11 is 1.68. The Labute approximate surface area is 147 Å². The first-order chi connectivity index (χ1) is 11.6. The van der Waals surface area contributed by atoms with Gasteiger partial charge >= 0.3 is 5.97 Å². The van der Waals surface area contributed by atoms with E-state index in [0.29, 0.717) is 0 Å². The summed E-state index contributed by atoms with van der Waals surface area (Å²) in [5.74, 6) is -0.457. The maximum atomic E-state index is 12.7. The van der Waals surface area contributed by atoms with Crippen LogP contribution in [0.3, 0.4) is 0 Å². The number of esters is 1. The largest absolute Gasteiger partial charge is 0.449 e. The fraction of sp³-hybridized carbons (Fsp3) is 0.579. The number of likely N-dealkylation sites (tertiary alicyclic amines) is 1. The van der Waals surface area contributed by atoms with Gasteiger partial charge in [-0.2, -0.15) is 0 Å². The monoisotopic (exact) mass is 347 g/mol. The molecule has 2 atom stereocenters. The van der Waals surface area contributed by atoms with Crippen molar-refractivity contribution in [2.24, 2.45) is 0 Å². The molecule has 1 saturated heterocycles. The van der Waals surface area contributed by atoms with Gasteiger partial charge in [-0.25, -0.2) is 4.79 Å². The van der Waals surface area contributed by atoms with Crippen molar-refractivity contribution >= 4 is 23.2 Å². The maximum absolute atomic E-state index is 12.7. The standard InChI is InChI=1S/C19H25NO3S/c1-14(23-18(21)13-15-7-3-2-4-8-15)19(22)20-11-5-9-16(20)17-10-6-12-24-17/h6,10,12-14,16H,2-5,7-9,11H2,1H3/t14-,16+/m0/s1. The Hall–Kier alpha value is -1.62. The van der Waals surface area contributed by atoms with Crippen molar-refractivity contribution in [2.75, 3.05) is 6.54 Å². The van der Waals surface area contributed by atoms with Gasteiger partial charge in [-0.3, -0.25) is 4.79 Å². The molecule has 0 unspecified atom stereocenters. The van der Waals surface area contributed by atoms with Crippen molar-refractivity contribution in [2.45, 2.75) is 64.0 Å². The lowest BCUT2D eigenvalue weighted by atomic mass is 9.95. The topological polar surface area (TPSA) is 46.6 Å². The van der Waals surface area contributed by atoms with E-state index in [9.17, 15) is 9.59 Å². The molecule has 2 aliphatic rings. The number of carbonyl (C=O) groups excluding carboxylic acids is 2. The Morgan fingerprint density at radius 2 is 2.08 bits per heavy atom. The molecule has 0 spiro atoms. The zero-order valence-electron chi connectivity index (χ0n) is 14.2. The average Bonchev–Trinajstić information content (AvgIpc) is 3.25. The molecular weight excluding hydrogens is 322 g/mol. The molecule has 24 heavy (non-hydrogen) atoms. The van der Waals surface area contributed by atoms with Crippen molar-refractivity contribution < 1.29 is 14.3 Å². The third-order valence-electron chi connectivity index (χ3n) is 4.87. The van der Waals surface area contributed by atoms with Crippen LogP contribution in [0.4, 0.5) is 0 Å². The lowest BCUT2D eigenvalue weighted by molar-refractivity contribution is -0.155. The summed E-state index contributed by atoms with van der Waals surface area (Å²) in [4.78, 5) is 27.9. The molecule has 1 amide bonds. The van der Waals surface area contributed by atoms with Gasteiger partial charge in [0.2, 0.25) is 0 Å². The van der Waals surface area contributed by atoms with Gasteiger partial charge in [0, 0.05) is 17.5 Å². The van der Waals surface area contributed by atoms with E-state index in [1.807, 2.05) is 16.3 Å². The quantitative estimate of drug-likeness (QED) is 0.605. The number of nitrogens with zero attached hydrogens (tertiary/aromatic N) is 1. The van der Waals surface area contributed by atoms with Gasteiger partial charge in [0.25, 0.3) is 5.91 Å². The number of allylic oxidation sites excluding steroid dienone is 1. The molecule has 1 saturated carbocycles. The molecule has 2 heterocycles. The molecule has 1 aromatic heterocycles. The molecule has 0 aromatic carbocycles. The van der Waals surface area contributed by atoms with E-state index in [1.165, 1.54) is 11.3 Å². The molecular formula is C19H25NO3S. The average molecular weight is 347 g/mol. The van der Waals surface area contributed by atoms with Gasteiger partial charge < -0.3 is 9.64 Å². The molecule has 5 heteroatoms. The van der Waals surface area contributed by atoms with E-state index in [4.69, 9.17) is 4.74 Å². The van der Waals surface area contributed by atoms with Gasteiger partial charge in [0.1, 0.15) is 0 Å². The Bertz CT molecular complexity index is 600. The Kier molecular flexibility index (Phi) is 5.72. The fourth-order valence-electron chi connectivity index (χ4n) is 3.62. The molecule has 1 aliphatic carbocycles. The van der Waals surface area contributed by atoms with Crippen molar-refractivity contribution in [3.8, 4) is 0 Å². The molecule has 0 N–H and O–H groups in total. The van der Waals surface area contributed by atoms with Crippen LogP contribution in [-0.4, -0.2) is 29.4 Å². The van der Waals surface area contributed by atoms with Gasteiger partial charge in [-0.1, -0.05) is 18.1 Å². The van der Waals surface area contributed by atoms with Gasteiger partial charge in [-0.15, -0.1) is 11.3 Å². The van der Waals surface area contributed by atoms with Crippen LogP contribution in [0.2, 0.25) is 0 Å². The summed E-state index contributed by atoms with van der Waals surface area (Å²) in [6, 6.07) is 4.22. The SMILES string of the molecule is C[C@H](OC(=O)C=C1CCCCC1)C(=O)N1CCC[C@@H]1c1cccs1. The molecule has 2 fully saturated rings. The Morgan fingerprint density at radius 1 is 1.29 bits per heavy atom. The zero-order chi connectivity index (χ0) is 16.9. The molecule has 0 radical (unpaired) electrons. The van der Waals surface area contributed by atoms with E-state index >= 15 is 0 Å². The minimum absolute atomic E-state index is 0.0821. The summed E-state index contributed by atoms with van der Waals surface area (Å²) in [6.45, 7) is 2.42. The highest BCUT2D eigenvalue weighted by Gasteiger charge is 2.34. The third kappa shape index (κ3) is 4.07. The second kappa shape index (κ2) is 7.97. The number of rotatable bonds is 4. The lowest BCUT2D eigenvalue weighted by Crippen LogP contribution is -2.39. The van der Waals surface area contributed by atoms with Gasteiger partial charge in [0.05, 0.1) is 6.04 Å². The molecule has 130 valence electrons. The first-order valence-electron chi connectivity index (χ1n) is 8.89. The van der Waals surface area contributed by atoms with Crippen LogP contribution in [0.25, 0.3) is 0 Å². The number of hydrogen-bond donors (Lipinski definition) is 0. The van der Waals surface area contributed by atoms with Crippen LogP contribution in [-0.2, 0) is 14.3 Å². The second-order valence-corrected chi connectivity index (χ2v) is 7.63. The molecule has 4 nitrogen and oxygen atoms in total. The predicted octanol–water partition coefficient (Wildman–Crippen LogP) is 4.23. The second-order valence-electron chi connectivity index (χ2n) is 6.65. The van der Waals surface area contributed by atoms with Crippen LogP contribution in [0.1, 0.15) is 62.8 Å². The van der Waals surface area contributed by atoms with Crippen molar-refractivity contribution in [3.63, 3.8) is 0 Å². The molecule has 3 rings (SSSR count). The fourth-order valence-corrected chi connectivity index (χ4v) is 4.49. The highest BCUT2D eigenvalue weighted by Crippen LogP contribution is 2.35. The summed E-state index contributed by atoms with van der Waals surface area (Å²) < 4.78 is 5.39. The first kappa shape index (κ1) is 17.2. The van der Waals surface area contributed by atoms with Crippen LogP contribution in [0.5, 0.6) is 0 Å². The summed E-state index contributed by atoms with van der Waals surface area (Å²) in [5, 5.41) is 2.04. The first-order valence-corrected chi connectivity index (χ1v) is 9.77. The van der Waals surface area contributed by atoms with E-state index in [-0.39, 0.29) is 17.9 Å². The minimum atomic E-state index is -0.724. The predicted molar refractivity (Wildman–Crippen MR) is 94.7 cm³/mol. The normalized spacial score (nSPS) is 22.3. The van der Waals surface area contributed by atoms with Crippen molar-refractivity contribution in [1.82, 2.24) is 4.90 Å². The lowest BCUT2D eigenvalue weighted by Gasteiger charge is -2.26. The van der Waals surface area contributed by atoms with Crippen LogP contribution in [0.15, 0.2) is 29.2 Å². The summed E-state index contributed by atoms with van der Waals surface area (Å²) in [6.07, 6.45) is 8.33. The van der Waals surface area contributed by atoms with Crippen LogP contribution < -0.4 is 0 Å². The summed E-state index contributed by atoms with van der Waals surface area (Å²) in [7, 11) is 0. The molecule has 0 bridgehead atoms. The van der Waals surface area contributed by atoms with E-state index in [2.05, 4.69) is 6.07 Å². The van der Waals surface area contributed by atoms with Gasteiger partial charge in [-0.05, 0) is 56.9 Å². The smallest absolute Gasteiger partial charge is 0.331 e. The number of thiophene rings is 1. The highest BCUT2D eigenvalue weighted by atomic mass is 32.1. The molecule has 1 aromatic rings. The number of carbonyl (C=O) groups is 2. The van der Waals surface area contributed by atoms with Crippen molar-refractivity contribution in [1.29, 1.82) is 0 Å². The minimum Gasteiger partial charge on any atom is -0.449 e. The summed E-state index contributed by atoms with van der Waals surface area (Å²) in [5.41, 5.74) is 1.16. The number of ether oxygens (including phenoxy) is 1. The molecule has 1 aliphatic heterocycles. The van der Waals surface area contributed by atoms with Crippen molar-refractivity contribution in [3.05, 3.63) is 34.0 Å².